The third kappa shape index (κ3) is 4.38. The van der Waals surface area contributed by atoms with Crippen molar-refractivity contribution in [1.82, 2.24) is 4.90 Å². The van der Waals surface area contributed by atoms with Crippen LogP contribution in [0, 0.1) is 0 Å². The molecule has 5 heteroatoms. The number of nitrogens with zero attached hydrogens (tertiary/aromatic N) is 1. The number of likely N-dealkylation sites (tertiary alicyclic amines) is 1. The van der Waals surface area contributed by atoms with Gasteiger partial charge in [0.15, 0.2) is 0 Å². The summed E-state index contributed by atoms with van der Waals surface area (Å²) in [4.78, 5) is 3.42. The second kappa shape index (κ2) is 8.87. The van der Waals surface area contributed by atoms with E-state index in [1.54, 1.807) is 7.11 Å². The maximum Gasteiger partial charge on any atom is 0.0821 e. The van der Waals surface area contributed by atoms with Gasteiger partial charge in [-0.1, -0.05) is 36.4 Å². The Hall–Kier alpha value is -1.53. The average molecular weight is 414 g/mol. The Morgan fingerprint density at radius 3 is 2.54 bits per heavy atom. The van der Waals surface area contributed by atoms with Gasteiger partial charge in [0, 0.05) is 36.3 Å². The highest BCUT2D eigenvalue weighted by Crippen LogP contribution is 2.30. The summed E-state index contributed by atoms with van der Waals surface area (Å²) < 4.78 is 20.1. The summed E-state index contributed by atoms with van der Waals surface area (Å²) >= 11 is 1.84. The van der Waals surface area contributed by atoms with Gasteiger partial charge in [-0.15, -0.1) is 11.3 Å². The van der Waals surface area contributed by atoms with E-state index < -0.39 is 10.8 Å². The van der Waals surface area contributed by atoms with E-state index in [0.29, 0.717) is 5.75 Å². The third-order valence-corrected chi connectivity index (χ3v) is 8.46. The predicted molar refractivity (Wildman–Crippen MR) is 119 cm³/mol. The number of benzene rings is 2. The van der Waals surface area contributed by atoms with E-state index in [1.807, 2.05) is 41.7 Å². The average Bonchev–Trinajstić information content (AvgIpc) is 3.17. The molecule has 0 aliphatic carbocycles. The van der Waals surface area contributed by atoms with E-state index in [2.05, 4.69) is 34.5 Å². The SMILES string of the molecule is COC1(CS(=O)c2ccccc2)CCN(CCc2csc3ccccc23)CC1. The quantitative estimate of drug-likeness (QED) is 0.561. The molecular formula is C23H27NO2S2. The van der Waals surface area contributed by atoms with Gasteiger partial charge < -0.3 is 9.64 Å². The summed E-state index contributed by atoms with van der Waals surface area (Å²) in [7, 11) is 0.756. The summed E-state index contributed by atoms with van der Waals surface area (Å²) in [5.74, 6) is 0.580. The first-order valence-corrected chi connectivity index (χ1v) is 12.0. The summed E-state index contributed by atoms with van der Waals surface area (Å²) in [6.45, 7) is 3.08. The van der Waals surface area contributed by atoms with E-state index in [9.17, 15) is 4.21 Å². The van der Waals surface area contributed by atoms with Gasteiger partial charge in [-0.25, -0.2) is 0 Å². The number of hydrogen-bond donors (Lipinski definition) is 0. The van der Waals surface area contributed by atoms with Gasteiger partial charge in [0.1, 0.15) is 0 Å². The molecule has 3 aromatic rings. The fourth-order valence-corrected chi connectivity index (χ4v) is 6.50. The van der Waals surface area contributed by atoms with Crippen LogP contribution >= 0.6 is 11.3 Å². The lowest BCUT2D eigenvalue weighted by Gasteiger charge is -2.40. The Morgan fingerprint density at radius 1 is 1.07 bits per heavy atom. The minimum absolute atomic E-state index is 0.272. The maximum absolute atomic E-state index is 12.8. The molecule has 0 saturated carbocycles. The highest BCUT2D eigenvalue weighted by Gasteiger charge is 2.36. The minimum atomic E-state index is -1.02. The van der Waals surface area contributed by atoms with Crippen LogP contribution in [0.15, 0.2) is 64.9 Å². The summed E-state index contributed by atoms with van der Waals surface area (Å²) in [5.41, 5.74) is 1.18. The van der Waals surface area contributed by atoms with Crippen LogP contribution in [0.25, 0.3) is 10.1 Å². The second-order valence-electron chi connectivity index (χ2n) is 7.54. The monoisotopic (exact) mass is 413 g/mol. The lowest BCUT2D eigenvalue weighted by molar-refractivity contribution is -0.0391. The molecule has 0 N–H and O–H groups in total. The molecular weight excluding hydrogens is 386 g/mol. The van der Waals surface area contributed by atoms with Gasteiger partial charge in [0.2, 0.25) is 0 Å². The van der Waals surface area contributed by atoms with Crippen molar-refractivity contribution < 1.29 is 8.95 Å². The largest absolute Gasteiger partial charge is 0.377 e. The Balaban J connectivity index is 1.33. The van der Waals surface area contributed by atoms with Crippen LogP contribution in [-0.4, -0.2) is 47.2 Å². The molecule has 28 heavy (non-hydrogen) atoms. The van der Waals surface area contributed by atoms with Crippen molar-refractivity contribution in [3.8, 4) is 0 Å². The topological polar surface area (TPSA) is 29.5 Å². The Morgan fingerprint density at radius 2 is 1.79 bits per heavy atom. The zero-order chi connectivity index (χ0) is 19.4. The Labute approximate surface area is 173 Å². The zero-order valence-corrected chi connectivity index (χ0v) is 17.9. The molecule has 1 aliphatic rings. The van der Waals surface area contributed by atoms with Crippen molar-refractivity contribution in [2.75, 3.05) is 32.5 Å². The lowest BCUT2D eigenvalue weighted by Crippen LogP contribution is -2.49. The molecule has 1 fully saturated rings. The maximum atomic E-state index is 12.8. The van der Waals surface area contributed by atoms with Crippen LogP contribution in [0.2, 0.25) is 0 Å². The number of fused-ring (bicyclic) bond motifs is 1. The van der Waals surface area contributed by atoms with Crippen molar-refractivity contribution in [3.63, 3.8) is 0 Å². The standard InChI is InChI=1S/C23H27NO2S2/c1-26-23(18-28(25)20-7-3-2-4-8-20)12-15-24(16-13-23)14-11-19-17-27-22-10-6-5-9-21(19)22/h2-10,17H,11-16,18H2,1H3. The highest BCUT2D eigenvalue weighted by molar-refractivity contribution is 7.85. The second-order valence-corrected chi connectivity index (χ2v) is 9.90. The lowest BCUT2D eigenvalue weighted by atomic mass is 9.93. The molecule has 1 unspecified atom stereocenters. The van der Waals surface area contributed by atoms with Crippen LogP contribution in [0.4, 0.5) is 0 Å². The smallest absolute Gasteiger partial charge is 0.0821 e. The van der Waals surface area contributed by atoms with Crippen molar-refractivity contribution in [3.05, 3.63) is 65.5 Å². The fourth-order valence-electron chi connectivity index (χ4n) is 3.99. The van der Waals surface area contributed by atoms with Gasteiger partial charge in [0.05, 0.1) is 22.2 Å². The molecule has 1 aliphatic heterocycles. The summed E-state index contributed by atoms with van der Waals surface area (Å²) in [6.07, 6.45) is 2.96. The molecule has 0 bridgehead atoms. The van der Waals surface area contributed by atoms with E-state index in [4.69, 9.17) is 4.74 Å². The van der Waals surface area contributed by atoms with Crippen molar-refractivity contribution in [1.29, 1.82) is 0 Å². The van der Waals surface area contributed by atoms with Crippen molar-refractivity contribution >= 4 is 32.2 Å². The zero-order valence-electron chi connectivity index (χ0n) is 16.3. The fraction of sp³-hybridized carbons (Fsp3) is 0.391. The first-order valence-electron chi connectivity index (χ1n) is 9.85. The summed E-state index contributed by atoms with van der Waals surface area (Å²) in [6, 6.07) is 18.4. The number of rotatable bonds is 7. The van der Waals surface area contributed by atoms with E-state index in [-0.39, 0.29) is 5.60 Å². The predicted octanol–water partition coefficient (Wildman–Crippen LogP) is 4.73. The molecule has 4 rings (SSSR count). The highest BCUT2D eigenvalue weighted by atomic mass is 32.2. The number of ether oxygens (including phenoxy) is 1. The number of thiophene rings is 1. The minimum Gasteiger partial charge on any atom is -0.377 e. The first-order chi connectivity index (χ1) is 13.7. The molecule has 0 radical (unpaired) electrons. The van der Waals surface area contributed by atoms with Crippen LogP contribution in [0.3, 0.4) is 0 Å². The van der Waals surface area contributed by atoms with Gasteiger partial charge in [-0.2, -0.15) is 0 Å². The van der Waals surface area contributed by atoms with Gasteiger partial charge in [0.25, 0.3) is 0 Å². The van der Waals surface area contributed by atoms with E-state index in [0.717, 1.165) is 43.8 Å². The Kier molecular flexibility index (Phi) is 6.26. The molecule has 148 valence electrons. The number of piperidine rings is 1. The molecule has 2 heterocycles. The van der Waals surface area contributed by atoms with Crippen molar-refractivity contribution in [2.24, 2.45) is 0 Å². The van der Waals surface area contributed by atoms with Crippen LogP contribution in [0.5, 0.6) is 0 Å². The van der Waals surface area contributed by atoms with Gasteiger partial charge >= 0.3 is 0 Å². The van der Waals surface area contributed by atoms with E-state index in [1.165, 1.54) is 15.6 Å². The third-order valence-electron chi connectivity index (χ3n) is 5.86. The molecule has 0 spiro atoms. The Bertz CT molecular complexity index is 930. The molecule has 2 aromatic carbocycles. The first kappa shape index (κ1) is 19.8. The molecule has 1 saturated heterocycles. The van der Waals surface area contributed by atoms with Gasteiger partial charge in [-0.05, 0) is 53.8 Å². The van der Waals surface area contributed by atoms with Crippen LogP contribution < -0.4 is 0 Å². The number of methoxy groups -OCH3 is 1. The summed E-state index contributed by atoms with van der Waals surface area (Å²) in [5, 5.41) is 3.70. The molecule has 3 nitrogen and oxygen atoms in total. The molecule has 0 amide bonds. The van der Waals surface area contributed by atoms with Crippen molar-refractivity contribution in [2.45, 2.75) is 29.8 Å². The number of hydrogen-bond acceptors (Lipinski definition) is 4. The van der Waals surface area contributed by atoms with E-state index >= 15 is 0 Å². The molecule has 1 atom stereocenters. The normalized spacial score (nSPS) is 18.3. The van der Waals surface area contributed by atoms with Crippen LogP contribution in [-0.2, 0) is 22.0 Å². The van der Waals surface area contributed by atoms with Gasteiger partial charge in [-0.3, -0.25) is 4.21 Å². The van der Waals surface area contributed by atoms with Crippen LogP contribution in [0.1, 0.15) is 18.4 Å². The molecule has 1 aromatic heterocycles.